The van der Waals surface area contributed by atoms with Crippen molar-refractivity contribution in [2.24, 2.45) is 10.7 Å². The van der Waals surface area contributed by atoms with E-state index in [1.54, 1.807) is 18.4 Å². The van der Waals surface area contributed by atoms with Gasteiger partial charge in [0.2, 0.25) is 5.91 Å². The summed E-state index contributed by atoms with van der Waals surface area (Å²) in [7, 11) is 0. The topological polar surface area (TPSA) is 102 Å². The van der Waals surface area contributed by atoms with Crippen LogP contribution in [0.1, 0.15) is 23.8 Å². The Kier molecular flexibility index (Phi) is 5.00. The molecule has 1 amide bonds. The maximum Gasteiger partial charge on any atom is 0.242 e. The van der Waals surface area contributed by atoms with E-state index in [0.29, 0.717) is 18.9 Å². The number of fused-ring (bicyclic) bond motifs is 1. The van der Waals surface area contributed by atoms with Crippen molar-refractivity contribution in [2.75, 3.05) is 13.2 Å². The SMILES string of the molecule is NC(=NCC(=O)NCc1ccco1)NC1CCOc2ccccc21. The molecule has 0 radical (unpaired) electrons. The zero-order valence-corrected chi connectivity index (χ0v) is 13.2. The monoisotopic (exact) mass is 328 g/mol. The molecule has 0 spiro atoms. The Hall–Kier alpha value is -2.96. The number of furan rings is 1. The second-order valence-corrected chi connectivity index (χ2v) is 5.43. The number of para-hydroxylation sites is 1. The van der Waals surface area contributed by atoms with Crippen LogP contribution >= 0.6 is 0 Å². The largest absolute Gasteiger partial charge is 0.493 e. The highest BCUT2D eigenvalue weighted by Gasteiger charge is 2.21. The Morgan fingerprint density at radius 2 is 2.17 bits per heavy atom. The molecule has 0 fully saturated rings. The average Bonchev–Trinajstić information content (AvgIpc) is 3.12. The third-order valence-corrected chi connectivity index (χ3v) is 3.71. The highest BCUT2D eigenvalue weighted by molar-refractivity contribution is 5.84. The van der Waals surface area contributed by atoms with Crippen molar-refractivity contribution in [1.29, 1.82) is 0 Å². The van der Waals surface area contributed by atoms with Gasteiger partial charge in [0, 0.05) is 12.0 Å². The van der Waals surface area contributed by atoms with E-state index in [-0.39, 0.29) is 24.5 Å². The van der Waals surface area contributed by atoms with Crippen LogP contribution in [0.5, 0.6) is 5.75 Å². The van der Waals surface area contributed by atoms with E-state index in [0.717, 1.165) is 17.7 Å². The number of nitrogens with two attached hydrogens (primary N) is 1. The van der Waals surface area contributed by atoms with Crippen LogP contribution in [-0.2, 0) is 11.3 Å². The summed E-state index contributed by atoms with van der Waals surface area (Å²) in [4.78, 5) is 15.9. The van der Waals surface area contributed by atoms with Crippen molar-refractivity contribution in [2.45, 2.75) is 19.0 Å². The van der Waals surface area contributed by atoms with Crippen molar-refractivity contribution >= 4 is 11.9 Å². The smallest absolute Gasteiger partial charge is 0.242 e. The van der Waals surface area contributed by atoms with E-state index in [2.05, 4.69) is 15.6 Å². The summed E-state index contributed by atoms with van der Waals surface area (Å²) in [6, 6.07) is 11.4. The first-order valence-corrected chi connectivity index (χ1v) is 7.79. The van der Waals surface area contributed by atoms with Crippen LogP contribution in [-0.4, -0.2) is 25.0 Å². The van der Waals surface area contributed by atoms with Gasteiger partial charge in [0.1, 0.15) is 18.1 Å². The van der Waals surface area contributed by atoms with E-state index in [4.69, 9.17) is 14.9 Å². The molecule has 1 aromatic carbocycles. The predicted octanol–water partition coefficient (Wildman–Crippen LogP) is 1.32. The molecule has 1 aliphatic heterocycles. The Bertz CT molecular complexity index is 712. The number of nitrogens with zero attached hydrogens (tertiary/aromatic N) is 1. The molecular formula is C17H20N4O3. The molecule has 1 aliphatic rings. The zero-order chi connectivity index (χ0) is 16.8. The van der Waals surface area contributed by atoms with E-state index in [1.807, 2.05) is 24.3 Å². The number of hydrogen-bond acceptors (Lipinski definition) is 4. The van der Waals surface area contributed by atoms with E-state index in [1.165, 1.54) is 0 Å². The number of benzene rings is 1. The van der Waals surface area contributed by atoms with Crippen molar-refractivity contribution < 1.29 is 13.9 Å². The molecule has 1 aromatic heterocycles. The van der Waals surface area contributed by atoms with Gasteiger partial charge in [-0.15, -0.1) is 0 Å². The molecule has 3 rings (SSSR count). The van der Waals surface area contributed by atoms with Crippen LogP contribution in [0.4, 0.5) is 0 Å². The molecular weight excluding hydrogens is 308 g/mol. The Labute approximate surface area is 139 Å². The van der Waals surface area contributed by atoms with Crippen LogP contribution in [0.3, 0.4) is 0 Å². The van der Waals surface area contributed by atoms with Gasteiger partial charge in [-0.25, -0.2) is 4.99 Å². The quantitative estimate of drug-likeness (QED) is 0.567. The van der Waals surface area contributed by atoms with Crippen LogP contribution in [0, 0.1) is 0 Å². The number of carbonyl (C=O) groups is 1. The molecule has 1 unspecified atom stereocenters. The van der Waals surface area contributed by atoms with Gasteiger partial charge < -0.3 is 25.5 Å². The van der Waals surface area contributed by atoms with Gasteiger partial charge in [-0.2, -0.15) is 0 Å². The lowest BCUT2D eigenvalue weighted by atomic mass is 10.0. The minimum atomic E-state index is -0.219. The Balaban J connectivity index is 1.50. The third kappa shape index (κ3) is 4.07. The molecule has 7 nitrogen and oxygen atoms in total. The molecule has 126 valence electrons. The predicted molar refractivity (Wildman–Crippen MR) is 89.5 cm³/mol. The van der Waals surface area contributed by atoms with Gasteiger partial charge in [0.05, 0.1) is 25.5 Å². The van der Waals surface area contributed by atoms with Crippen LogP contribution < -0.4 is 21.1 Å². The molecule has 0 saturated heterocycles. The first kappa shape index (κ1) is 15.9. The van der Waals surface area contributed by atoms with Crippen LogP contribution in [0.15, 0.2) is 52.1 Å². The maximum atomic E-state index is 11.8. The Morgan fingerprint density at radius 1 is 1.29 bits per heavy atom. The van der Waals surface area contributed by atoms with Gasteiger partial charge in [-0.3, -0.25) is 4.79 Å². The van der Waals surface area contributed by atoms with E-state index in [9.17, 15) is 4.79 Å². The van der Waals surface area contributed by atoms with Crippen LogP contribution in [0.25, 0.3) is 0 Å². The van der Waals surface area contributed by atoms with Crippen molar-refractivity contribution in [3.8, 4) is 5.75 Å². The first-order chi connectivity index (χ1) is 11.7. The summed E-state index contributed by atoms with van der Waals surface area (Å²) in [5.41, 5.74) is 6.95. The minimum absolute atomic E-state index is 0.0323. The lowest BCUT2D eigenvalue weighted by Gasteiger charge is -2.26. The van der Waals surface area contributed by atoms with Gasteiger partial charge in [-0.05, 0) is 18.2 Å². The minimum Gasteiger partial charge on any atom is -0.493 e. The van der Waals surface area contributed by atoms with Crippen molar-refractivity contribution in [3.63, 3.8) is 0 Å². The standard InChI is InChI=1S/C17H20N4O3/c18-17(20-11-16(22)19-10-12-4-3-8-23-12)21-14-7-9-24-15-6-2-1-5-13(14)15/h1-6,8,14H,7,9-11H2,(H,19,22)(H3,18,20,21). The second-order valence-electron chi connectivity index (χ2n) is 5.43. The zero-order valence-electron chi connectivity index (χ0n) is 13.2. The van der Waals surface area contributed by atoms with E-state index >= 15 is 0 Å². The fraction of sp³-hybridized carbons (Fsp3) is 0.294. The van der Waals surface area contributed by atoms with Gasteiger partial charge in [0.25, 0.3) is 0 Å². The van der Waals surface area contributed by atoms with Crippen LogP contribution in [0.2, 0.25) is 0 Å². The summed E-state index contributed by atoms with van der Waals surface area (Å²) in [5.74, 6) is 1.57. The fourth-order valence-electron chi connectivity index (χ4n) is 2.53. The molecule has 4 N–H and O–H groups in total. The third-order valence-electron chi connectivity index (χ3n) is 3.71. The normalized spacial score (nSPS) is 16.8. The average molecular weight is 328 g/mol. The summed E-state index contributed by atoms with van der Waals surface area (Å²) >= 11 is 0. The summed E-state index contributed by atoms with van der Waals surface area (Å²) in [5, 5.41) is 5.87. The number of hydrogen-bond donors (Lipinski definition) is 3. The van der Waals surface area contributed by atoms with Crippen molar-refractivity contribution in [3.05, 3.63) is 54.0 Å². The number of amides is 1. The lowest BCUT2D eigenvalue weighted by molar-refractivity contribution is -0.119. The second kappa shape index (κ2) is 7.54. The summed E-state index contributed by atoms with van der Waals surface area (Å²) < 4.78 is 10.8. The molecule has 0 aliphatic carbocycles. The van der Waals surface area contributed by atoms with Gasteiger partial charge >= 0.3 is 0 Å². The summed E-state index contributed by atoms with van der Waals surface area (Å²) in [6.45, 7) is 0.915. The van der Waals surface area contributed by atoms with E-state index < -0.39 is 0 Å². The maximum absolute atomic E-state index is 11.8. The fourth-order valence-corrected chi connectivity index (χ4v) is 2.53. The molecule has 24 heavy (non-hydrogen) atoms. The van der Waals surface area contributed by atoms with Gasteiger partial charge in [-0.1, -0.05) is 18.2 Å². The molecule has 1 atom stereocenters. The number of guanidine groups is 1. The number of carbonyl (C=O) groups excluding carboxylic acids is 1. The molecule has 0 bridgehead atoms. The molecule has 7 heteroatoms. The summed E-state index contributed by atoms with van der Waals surface area (Å²) in [6.07, 6.45) is 2.35. The lowest BCUT2D eigenvalue weighted by Crippen LogP contribution is -2.38. The highest BCUT2D eigenvalue weighted by Crippen LogP contribution is 2.31. The number of nitrogens with one attached hydrogen (secondary N) is 2. The number of aliphatic imine (C=N–C) groups is 1. The van der Waals surface area contributed by atoms with Crippen molar-refractivity contribution in [1.82, 2.24) is 10.6 Å². The molecule has 2 heterocycles. The number of rotatable bonds is 5. The first-order valence-electron chi connectivity index (χ1n) is 7.79. The number of ether oxygens (including phenoxy) is 1. The molecule has 0 saturated carbocycles. The highest BCUT2D eigenvalue weighted by atomic mass is 16.5. The van der Waals surface area contributed by atoms with Gasteiger partial charge in [0.15, 0.2) is 5.96 Å². The molecule has 2 aromatic rings. The Morgan fingerprint density at radius 3 is 3.00 bits per heavy atom.